The van der Waals surface area contributed by atoms with E-state index in [0.29, 0.717) is 12.1 Å². The molecule has 0 aromatic carbocycles. The Hall–Kier alpha value is -1.61. The van der Waals surface area contributed by atoms with E-state index in [0.717, 1.165) is 6.54 Å². The molecule has 6 heteroatoms. The molecule has 0 radical (unpaired) electrons. The lowest BCUT2D eigenvalue weighted by Gasteiger charge is -2.28. The monoisotopic (exact) mass is 271 g/mol. The van der Waals surface area contributed by atoms with Gasteiger partial charge in [-0.15, -0.1) is 0 Å². The van der Waals surface area contributed by atoms with E-state index in [4.69, 9.17) is 11.8 Å². The van der Waals surface area contributed by atoms with Gasteiger partial charge in [0.15, 0.2) is 0 Å². The van der Waals surface area contributed by atoms with Gasteiger partial charge in [-0.2, -0.15) is 0 Å². The molecule has 0 fully saturated rings. The van der Waals surface area contributed by atoms with Crippen molar-refractivity contribution in [2.24, 2.45) is 5.16 Å². The van der Waals surface area contributed by atoms with Crippen LogP contribution in [0.4, 0.5) is 0 Å². The van der Waals surface area contributed by atoms with Crippen LogP contribution in [0, 0.1) is 6.57 Å². The number of ether oxygens (including phenoxy) is 1. The fraction of sp³-hybridized carbons (Fsp3) is 0.769. The number of rotatable bonds is 4. The summed E-state index contributed by atoms with van der Waals surface area (Å²) >= 11 is 0. The Bertz CT molecular complexity index is 312. The molecule has 0 aliphatic carbocycles. The van der Waals surface area contributed by atoms with Gasteiger partial charge in [-0.1, -0.05) is 13.5 Å². The molecule has 0 aromatic heterocycles. The lowest BCUT2D eigenvalue weighted by Crippen LogP contribution is -2.36. The molecule has 0 unspecified atom stereocenters. The van der Waals surface area contributed by atoms with Gasteiger partial charge in [-0.05, 0) is 41.2 Å². The van der Waals surface area contributed by atoms with Gasteiger partial charge in [0.2, 0.25) is 0 Å². The first-order chi connectivity index (χ1) is 8.85. The van der Waals surface area contributed by atoms with Crippen molar-refractivity contribution >= 4 is 11.8 Å². The summed E-state index contributed by atoms with van der Waals surface area (Å²) in [5.41, 5.74) is 0. The van der Waals surface area contributed by atoms with Crippen molar-refractivity contribution in [2.45, 2.75) is 53.6 Å². The average Bonchev–Trinajstić information content (AvgIpc) is 2.31. The fourth-order valence-corrected chi connectivity index (χ4v) is 1.63. The number of carbonyl (C=O) groups is 1. The van der Waals surface area contributed by atoms with Crippen LogP contribution < -0.4 is 0 Å². The Morgan fingerprint density at radius 3 is 1.95 bits per heavy atom. The highest BCUT2D eigenvalue weighted by Crippen LogP contribution is 2.02. The first-order valence-electron chi connectivity index (χ1n) is 6.37. The molecule has 0 bridgehead atoms. The van der Waals surface area contributed by atoms with Gasteiger partial charge in [-0.3, -0.25) is 9.69 Å². The normalized spacial score (nSPS) is 11.1. The zero-order chi connectivity index (χ0) is 15.4. The van der Waals surface area contributed by atoms with Crippen molar-refractivity contribution in [3.63, 3.8) is 0 Å². The summed E-state index contributed by atoms with van der Waals surface area (Å²) in [6, 6.07) is 1.38. The van der Waals surface area contributed by atoms with E-state index in [1.165, 1.54) is 0 Å². The van der Waals surface area contributed by atoms with Gasteiger partial charge in [0, 0.05) is 12.1 Å². The van der Waals surface area contributed by atoms with Crippen LogP contribution in [0.15, 0.2) is 5.16 Å². The van der Waals surface area contributed by atoms with E-state index in [-0.39, 0.29) is 6.61 Å². The van der Waals surface area contributed by atoms with E-state index in [2.05, 4.69) is 54.3 Å². The van der Waals surface area contributed by atoms with Crippen molar-refractivity contribution < 1.29 is 14.7 Å². The van der Waals surface area contributed by atoms with Gasteiger partial charge in [0.25, 0.3) is 0 Å². The number of hydrogen-bond acceptors (Lipinski definition) is 5. The largest absolute Gasteiger partial charge is 0.470 e. The minimum Gasteiger partial charge on any atom is -0.470 e. The summed E-state index contributed by atoms with van der Waals surface area (Å²) in [6.45, 7) is 20.4. The summed E-state index contributed by atoms with van der Waals surface area (Å²) in [5.74, 6) is -1.55. The zero-order valence-electron chi connectivity index (χ0n) is 12.7. The number of amidine groups is 1. The van der Waals surface area contributed by atoms with Gasteiger partial charge in [-0.25, -0.2) is 0 Å². The molecule has 0 saturated heterocycles. The molecule has 110 valence electrons. The maximum Gasteiger partial charge on any atom is 0.398 e. The van der Waals surface area contributed by atoms with Crippen LogP contribution in [0.5, 0.6) is 0 Å². The third kappa shape index (κ3) is 9.03. The number of hydrogen-bond donors (Lipinski definition) is 1. The van der Waals surface area contributed by atoms with E-state index < -0.39 is 11.8 Å². The van der Waals surface area contributed by atoms with Crippen molar-refractivity contribution in [2.75, 3.05) is 13.2 Å². The fourth-order valence-electron chi connectivity index (χ4n) is 1.63. The van der Waals surface area contributed by atoms with E-state index in [1.807, 2.05) is 0 Å². The lowest BCUT2D eigenvalue weighted by atomic mass is 10.2. The molecule has 0 aliphatic rings. The summed E-state index contributed by atoms with van der Waals surface area (Å²) in [7, 11) is 0. The topological polar surface area (TPSA) is 66.5 Å². The quantitative estimate of drug-likeness (QED) is 0.213. The molecule has 0 saturated carbocycles. The lowest BCUT2D eigenvalue weighted by molar-refractivity contribution is -0.135. The molecule has 0 atom stereocenters. The predicted molar refractivity (Wildman–Crippen MR) is 75.1 cm³/mol. The highest BCUT2D eigenvalue weighted by Gasteiger charge is 2.12. The predicted octanol–water partition coefficient (Wildman–Crippen LogP) is 2.38. The second-order valence-electron chi connectivity index (χ2n) is 4.27. The van der Waals surface area contributed by atoms with E-state index in [9.17, 15) is 4.79 Å². The highest BCUT2D eigenvalue weighted by atomic mass is 16.5. The third-order valence-electron chi connectivity index (χ3n) is 2.35. The second kappa shape index (κ2) is 11.5. The standard InChI is InChI=1S/C8H19N.C5H6N2O3/c1-6-9(7(2)3)8(4)5;1-3-10-5(8)4(6-2)7-9/h7-8H,6H2,1-5H3;9H,3H2,1H3/b;7-4-. The molecule has 6 nitrogen and oxygen atoms in total. The maximum absolute atomic E-state index is 10.5. The van der Waals surface area contributed by atoms with Crippen molar-refractivity contribution in [1.29, 1.82) is 0 Å². The van der Waals surface area contributed by atoms with Gasteiger partial charge in [0.1, 0.15) is 0 Å². The Labute approximate surface area is 115 Å². The van der Waals surface area contributed by atoms with Gasteiger partial charge < -0.3 is 14.8 Å². The van der Waals surface area contributed by atoms with Crippen LogP contribution in [-0.4, -0.2) is 47.1 Å². The van der Waals surface area contributed by atoms with Crippen LogP contribution in [0.25, 0.3) is 4.85 Å². The van der Waals surface area contributed by atoms with Gasteiger partial charge >= 0.3 is 11.8 Å². The summed E-state index contributed by atoms with van der Waals surface area (Å²) in [6.07, 6.45) is 0. The molecular weight excluding hydrogens is 246 g/mol. The Morgan fingerprint density at radius 2 is 1.79 bits per heavy atom. The molecule has 0 amide bonds. The van der Waals surface area contributed by atoms with Crippen molar-refractivity contribution in [1.82, 2.24) is 4.90 Å². The maximum atomic E-state index is 10.5. The van der Waals surface area contributed by atoms with Crippen LogP contribution in [-0.2, 0) is 9.53 Å². The van der Waals surface area contributed by atoms with Crippen LogP contribution in [0.1, 0.15) is 41.5 Å². The smallest absolute Gasteiger partial charge is 0.398 e. The third-order valence-corrected chi connectivity index (χ3v) is 2.35. The minimum atomic E-state index is -0.903. The molecule has 19 heavy (non-hydrogen) atoms. The second-order valence-corrected chi connectivity index (χ2v) is 4.27. The minimum absolute atomic E-state index is 0.160. The Morgan fingerprint density at radius 1 is 1.32 bits per heavy atom. The Balaban J connectivity index is 0. The number of esters is 1. The zero-order valence-corrected chi connectivity index (χ0v) is 12.7. The Kier molecular flexibility index (Phi) is 11.9. The number of oxime groups is 1. The molecular formula is C13H25N3O3. The summed E-state index contributed by atoms with van der Waals surface area (Å²) < 4.78 is 4.34. The number of nitrogens with zero attached hydrogens (tertiary/aromatic N) is 3. The molecule has 0 aromatic rings. The highest BCUT2D eigenvalue weighted by molar-refractivity contribution is 6.39. The molecule has 0 heterocycles. The van der Waals surface area contributed by atoms with E-state index in [1.54, 1.807) is 6.92 Å². The van der Waals surface area contributed by atoms with Gasteiger partial charge in [0.05, 0.1) is 11.8 Å². The van der Waals surface area contributed by atoms with Crippen LogP contribution >= 0.6 is 0 Å². The number of carbonyl (C=O) groups excluding carboxylic acids is 1. The van der Waals surface area contributed by atoms with E-state index >= 15 is 0 Å². The molecule has 1 N–H and O–H groups in total. The molecule has 0 rings (SSSR count). The van der Waals surface area contributed by atoms with Crippen LogP contribution in [0.3, 0.4) is 0 Å². The first-order valence-corrected chi connectivity index (χ1v) is 6.37. The average molecular weight is 271 g/mol. The van der Waals surface area contributed by atoms with Crippen LogP contribution in [0.2, 0.25) is 0 Å². The molecule has 0 aliphatic heterocycles. The van der Waals surface area contributed by atoms with Crippen molar-refractivity contribution in [3.8, 4) is 0 Å². The first kappa shape index (κ1) is 19.7. The molecule has 0 spiro atoms. The summed E-state index contributed by atoms with van der Waals surface area (Å²) in [5, 5.41) is 10.4. The SMILES string of the molecule is CCN(C(C)C)C(C)C.[C-]#[N+]/C(=N\O)C(=O)OCC. The van der Waals surface area contributed by atoms with Crippen molar-refractivity contribution in [3.05, 3.63) is 11.4 Å². The summed E-state index contributed by atoms with van der Waals surface area (Å²) in [4.78, 5) is 15.5.